The first-order valence-corrected chi connectivity index (χ1v) is 9.33. The quantitative estimate of drug-likeness (QED) is 0.675. The molecule has 1 aliphatic heterocycles. The number of carbonyl (C=O) groups is 1. The van der Waals surface area contributed by atoms with Gasteiger partial charge in [-0.15, -0.1) is 24.8 Å². The number of aromatic amines is 1. The van der Waals surface area contributed by atoms with Crippen molar-refractivity contribution in [3.8, 4) is 0 Å². The average molecular weight is 432 g/mol. The van der Waals surface area contributed by atoms with Crippen molar-refractivity contribution in [3.63, 3.8) is 0 Å². The van der Waals surface area contributed by atoms with Crippen molar-refractivity contribution in [1.29, 1.82) is 0 Å². The van der Waals surface area contributed by atoms with Gasteiger partial charge in [-0.05, 0) is 62.7 Å². The monoisotopic (exact) mass is 431 g/mol. The van der Waals surface area contributed by atoms with E-state index in [0.29, 0.717) is 23.9 Å². The van der Waals surface area contributed by atoms with Crippen molar-refractivity contribution in [1.82, 2.24) is 25.4 Å². The number of halogens is 2. The van der Waals surface area contributed by atoms with Crippen LogP contribution in [0.3, 0.4) is 0 Å². The van der Waals surface area contributed by atoms with Crippen LogP contribution in [-0.4, -0.2) is 40.3 Å². The molecule has 3 rings (SSSR count). The summed E-state index contributed by atoms with van der Waals surface area (Å²) in [5, 5.41) is 9.83. The average Bonchev–Trinajstić information content (AvgIpc) is 2.87. The highest BCUT2D eigenvalue weighted by atomic mass is 35.5. The third-order valence-electron chi connectivity index (χ3n) is 5.70. The molecule has 158 valence electrons. The van der Waals surface area contributed by atoms with Crippen LogP contribution in [0, 0.1) is 19.3 Å². The van der Waals surface area contributed by atoms with Gasteiger partial charge in [-0.3, -0.25) is 19.4 Å². The van der Waals surface area contributed by atoms with Gasteiger partial charge in [0.25, 0.3) is 5.56 Å². The minimum atomic E-state index is -0.128. The van der Waals surface area contributed by atoms with Crippen molar-refractivity contribution in [2.24, 2.45) is 12.5 Å². The molecule has 0 aliphatic carbocycles. The Hall–Kier alpha value is -1.57. The van der Waals surface area contributed by atoms with Crippen LogP contribution in [-0.2, 0) is 18.3 Å². The highest BCUT2D eigenvalue weighted by Crippen LogP contribution is 2.26. The first-order valence-electron chi connectivity index (χ1n) is 9.33. The Labute approximate surface area is 177 Å². The van der Waals surface area contributed by atoms with Crippen LogP contribution in [0.2, 0.25) is 0 Å². The topological polar surface area (TPSA) is 91.8 Å². The summed E-state index contributed by atoms with van der Waals surface area (Å²) >= 11 is 0. The van der Waals surface area contributed by atoms with Crippen LogP contribution in [0.4, 0.5) is 0 Å². The second-order valence-corrected chi connectivity index (χ2v) is 7.84. The fraction of sp³-hybridized carbons (Fsp3) is 0.632. The number of aromatic nitrogens is 3. The normalized spacial score (nSPS) is 15.6. The zero-order valence-corrected chi connectivity index (χ0v) is 18.6. The number of carbonyl (C=O) groups excluding carboxylic acids is 1. The summed E-state index contributed by atoms with van der Waals surface area (Å²) in [5.74, 6) is 0.0608. The summed E-state index contributed by atoms with van der Waals surface area (Å²) < 4.78 is 1.65. The summed E-state index contributed by atoms with van der Waals surface area (Å²) in [6.07, 6.45) is 3.18. The van der Waals surface area contributed by atoms with Crippen LogP contribution < -0.4 is 16.2 Å². The summed E-state index contributed by atoms with van der Waals surface area (Å²) in [6, 6.07) is 0. The first-order chi connectivity index (χ1) is 12.3. The lowest BCUT2D eigenvalue weighted by Gasteiger charge is -2.34. The molecule has 0 spiro atoms. The van der Waals surface area contributed by atoms with Crippen molar-refractivity contribution >= 4 is 41.8 Å². The maximum atomic E-state index is 12.3. The molecular formula is C19H31Cl2N5O2. The van der Waals surface area contributed by atoms with E-state index >= 15 is 0 Å². The number of nitrogens with one attached hydrogen (secondary N) is 3. The summed E-state index contributed by atoms with van der Waals surface area (Å²) in [5.41, 5.74) is 3.52. The lowest BCUT2D eigenvalue weighted by Crippen LogP contribution is -2.42. The van der Waals surface area contributed by atoms with E-state index in [4.69, 9.17) is 0 Å². The molecule has 28 heavy (non-hydrogen) atoms. The van der Waals surface area contributed by atoms with Gasteiger partial charge >= 0.3 is 0 Å². The van der Waals surface area contributed by atoms with E-state index in [2.05, 4.69) is 27.6 Å². The van der Waals surface area contributed by atoms with Crippen molar-refractivity contribution in [2.45, 2.75) is 46.5 Å². The van der Waals surface area contributed by atoms with Gasteiger partial charge in [0.1, 0.15) is 0 Å². The van der Waals surface area contributed by atoms with Crippen molar-refractivity contribution in [2.75, 3.05) is 19.6 Å². The van der Waals surface area contributed by atoms with Gasteiger partial charge in [0.05, 0.1) is 5.39 Å². The molecule has 2 aromatic heterocycles. The van der Waals surface area contributed by atoms with E-state index in [1.807, 2.05) is 13.8 Å². The number of rotatable bonds is 5. The fourth-order valence-electron chi connectivity index (χ4n) is 3.86. The van der Waals surface area contributed by atoms with Crippen molar-refractivity contribution in [3.05, 3.63) is 27.2 Å². The number of nitrogens with zero attached hydrogens (tertiary/aromatic N) is 2. The Bertz CT molecular complexity index is 885. The molecule has 9 heteroatoms. The Kier molecular flexibility index (Phi) is 8.53. The highest BCUT2D eigenvalue weighted by molar-refractivity contribution is 5.85. The fourth-order valence-corrected chi connectivity index (χ4v) is 3.86. The third kappa shape index (κ3) is 5.07. The lowest BCUT2D eigenvalue weighted by atomic mass is 9.81. The van der Waals surface area contributed by atoms with Gasteiger partial charge in [-0.2, -0.15) is 0 Å². The van der Waals surface area contributed by atoms with Crippen LogP contribution >= 0.6 is 24.8 Å². The van der Waals surface area contributed by atoms with Crippen molar-refractivity contribution < 1.29 is 4.79 Å². The largest absolute Gasteiger partial charge is 0.356 e. The summed E-state index contributed by atoms with van der Waals surface area (Å²) in [4.78, 5) is 29.0. The first kappa shape index (κ1) is 24.5. The minimum Gasteiger partial charge on any atom is -0.356 e. The summed E-state index contributed by atoms with van der Waals surface area (Å²) in [6.45, 7) is 8.87. The molecule has 0 bridgehead atoms. The zero-order valence-electron chi connectivity index (χ0n) is 17.0. The van der Waals surface area contributed by atoms with Gasteiger partial charge in [-0.25, -0.2) is 4.98 Å². The highest BCUT2D eigenvalue weighted by Gasteiger charge is 2.27. The minimum absolute atomic E-state index is 0. The van der Waals surface area contributed by atoms with E-state index < -0.39 is 0 Å². The molecule has 1 saturated heterocycles. The van der Waals surface area contributed by atoms with E-state index in [1.165, 1.54) is 0 Å². The third-order valence-corrected chi connectivity index (χ3v) is 5.70. The number of aryl methyl sites for hydroxylation is 3. The lowest BCUT2D eigenvalue weighted by molar-refractivity contribution is -0.121. The molecular weight excluding hydrogens is 401 g/mol. The molecule has 1 aliphatic rings. The molecule has 0 unspecified atom stereocenters. The van der Waals surface area contributed by atoms with Gasteiger partial charge in [0.2, 0.25) is 5.91 Å². The Morgan fingerprint density at radius 3 is 2.54 bits per heavy atom. The second-order valence-electron chi connectivity index (χ2n) is 7.84. The van der Waals surface area contributed by atoms with E-state index in [1.54, 1.807) is 11.7 Å². The smallest absolute Gasteiger partial charge is 0.273 e. The second kappa shape index (κ2) is 9.76. The zero-order chi connectivity index (χ0) is 18.9. The molecule has 2 aromatic rings. The number of amides is 1. The van der Waals surface area contributed by atoms with Gasteiger partial charge in [0.15, 0.2) is 5.65 Å². The molecule has 3 N–H and O–H groups in total. The Balaban J connectivity index is 0.00000196. The number of piperidine rings is 1. The SMILES string of the molecule is Cc1nc2c(c(C)c1CCC(=O)NCC1(C)CCNCC1)c(=O)[nH]n2C.Cl.Cl. The van der Waals surface area contributed by atoms with Gasteiger partial charge in [0, 0.05) is 25.7 Å². The standard InChI is InChI=1S/C19H29N5O2.2ClH/c1-12-14(13(2)22-17-16(12)18(26)23-24(17)4)5-6-15(25)21-11-19(3)7-9-20-10-8-19;;/h20H,5-11H2,1-4H3,(H,21,25)(H,23,26);2*1H. The number of fused-ring (bicyclic) bond motifs is 1. The molecule has 3 heterocycles. The molecule has 0 saturated carbocycles. The number of hydrogen-bond acceptors (Lipinski definition) is 4. The van der Waals surface area contributed by atoms with Crippen LogP contribution in [0.25, 0.3) is 11.0 Å². The van der Waals surface area contributed by atoms with Crippen LogP contribution in [0.5, 0.6) is 0 Å². The molecule has 1 fully saturated rings. The predicted octanol–water partition coefficient (Wildman–Crippen LogP) is 2.16. The molecule has 0 atom stereocenters. The van der Waals surface area contributed by atoms with Gasteiger partial charge < -0.3 is 10.6 Å². The molecule has 7 nitrogen and oxygen atoms in total. The molecule has 0 radical (unpaired) electrons. The molecule has 0 aromatic carbocycles. The maximum absolute atomic E-state index is 12.3. The van der Waals surface area contributed by atoms with Gasteiger partial charge in [-0.1, -0.05) is 6.92 Å². The maximum Gasteiger partial charge on any atom is 0.273 e. The van der Waals surface area contributed by atoms with Crippen LogP contribution in [0.15, 0.2) is 4.79 Å². The molecule has 1 amide bonds. The number of hydrogen-bond donors (Lipinski definition) is 3. The van der Waals surface area contributed by atoms with Crippen LogP contribution in [0.1, 0.15) is 43.0 Å². The summed E-state index contributed by atoms with van der Waals surface area (Å²) in [7, 11) is 1.78. The predicted molar refractivity (Wildman–Crippen MR) is 117 cm³/mol. The van der Waals surface area contributed by atoms with E-state index in [9.17, 15) is 9.59 Å². The Morgan fingerprint density at radius 1 is 1.25 bits per heavy atom. The number of H-pyrrole nitrogens is 1. The van der Waals surface area contributed by atoms with E-state index in [0.717, 1.165) is 49.3 Å². The number of pyridine rings is 1. The Morgan fingerprint density at radius 2 is 1.89 bits per heavy atom. The van der Waals surface area contributed by atoms with E-state index in [-0.39, 0.29) is 41.7 Å².